The van der Waals surface area contributed by atoms with Crippen molar-refractivity contribution in [2.75, 3.05) is 18.6 Å². The largest absolute Gasteiger partial charge is 0.380 e. The number of pyridine rings is 1. The summed E-state index contributed by atoms with van der Waals surface area (Å²) in [7, 11) is 1.62. The molecule has 0 aliphatic carbocycles. The van der Waals surface area contributed by atoms with E-state index in [1.54, 1.807) is 19.4 Å². The van der Waals surface area contributed by atoms with Crippen molar-refractivity contribution < 1.29 is 9.53 Å². The van der Waals surface area contributed by atoms with Crippen LogP contribution in [0.3, 0.4) is 0 Å². The van der Waals surface area contributed by atoms with E-state index < -0.39 is 6.04 Å². The van der Waals surface area contributed by atoms with Gasteiger partial charge in [-0.25, -0.2) is 4.98 Å². The number of carbonyl (C=O) groups is 1. The summed E-state index contributed by atoms with van der Waals surface area (Å²) in [5, 5.41) is 0.531. The normalized spacial score (nSPS) is 23.4. The fourth-order valence-corrected chi connectivity index (χ4v) is 2.96. The van der Waals surface area contributed by atoms with Crippen molar-refractivity contribution in [2.45, 2.75) is 18.6 Å². The molecule has 2 heterocycles. The molecule has 1 saturated heterocycles. The summed E-state index contributed by atoms with van der Waals surface area (Å²) < 4.78 is 6.02. The van der Waals surface area contributed by atoms with Gasteiger partial charge in [0, 0.05) is 26.3 Å². The van der Waals surface area contributed by atoms with Crippen LogP contribution in [0, 0.1) is 0 Å². The summed E-state index contributed by atoms with van der Waals surface area (Å²) in [4.78, 5) is 17.6. The molecule has 2 atom stereocenters. The molecule has 1 amide bonds. The predicted molar refractivity (Wildman–Crippen MR) is 72.7 cm³/mol. The Morgan fingerprint density at radius 1 is 1.72 bits per heavy atom. The third-order valence-corrected chi connectivity index (χ3v) is 3.78. The highest BCUT2D eigenvalue weighted by atomic mass is 79.9. The maximum absolute atomic E-state index is 11.5. The smallest absolute Gasteiger partial charge is 0.240 e. The van der Waals surface area contributed by atoms with Crippen molar-refractivity contribution in [3.63, 3.8) is 0 Å². The van der Waals surface area contributed by atoms with E-state index in [2.05, 4.69) is 20.9 Å². The number of ether oxygens (including phenoxy) is 1. The highest BCUT2D eigenvalue weighted by molar-refractivity contribution is 9.10. The first-order valence-corrected chi connectivity index (χ1v) is 6.59. The third-order valence-electron chi connectivity index (χ3n) is 2.98. The number of nitrogens with two attached hydrogens (primary N) is 1. The van der Waals surface area contributed by atoms with Gasteiger partial charge in [0.1, 0.15) is 11.9 Å². The van der Waals surface area contributed by atoms with E-state index in [0.717, 1.165) is 4.47 Å². The van der Waals surface area contributed by atoms with Crippen LogP contribution in [0.25, 0.3) is 0 Å². The molecule has 1 fully saturated rings. The van der Waals surface area contributed by atoms with Gasteiger partial charge in [-0.05, 0) is 22.0 Å². The second-order valence-electron chi connectivity index (χ2n) is 4.12. The molecule has 0 bridgehead atoms. The van der Waals surface area contributed by atoms with E-state index in [1.165, 1.54) is 0 Å². The Morgan fingerprint density at radius 2 is 2.44 bits per heavy atom. The summed E-state index contributed by atoms with van der Waals surface area (Å²) in [5.41, 5.74) is 5.42. The summed E-state index contributed by atoms with van der Waals surface area (Å²) >= 11 is 9.25. The van der Waals surface area contributed by atoms with Crippen LogP contribution >= 0.6 is 27.5 Å². The van der Waals surface area contributed by atoms with Crippen LogP contribution in [-0.2, 0) is 9.53 Å². The Hall–Kier alpha value is -0.850. The Balaban J connectivity index is 2.32. The lowest BCUT2D eigenvalue weighted by atomic mass is 10.2. The Kier molecular flexibility index (Phi) is 4.09. The van der Waals surface area contributed by atoms with E-state index in [1.807, 2.05) is 4.90 Å². The van der Waals surface area contributed by atoms with Gasteiger partial charge in [-0.2, -0.15) is 0 Å². The molecule has 2 N–H and O–H groups in total. The van der Waals surface area contributed by atoms with Crippen LogP contribution in [-0.4, -0.2) is 36.7 Å². The first kappa shape index (κ1) is 13.6. The molecular weight excluding hydrogens is 321 g/mol. The van der Waals surface area contributed by atoms with Crippen LogP contribution < -0.4 is 10.6 Å². The van der Waals surface area contributed by atoms with Crippen molar-refractivity contribution >= 4 is 39.3 Å². The molecule has 1 aliphatic heterocycles. The van der Waals surface area contributed by atoms with Crippen LogP contribution in [0.4, 0.5) is 5.82 Å². The quantitative estimate of drug-likeness (QED) is 0.911. The summed E-state index contributed by atoms with van der Waals surface area (Å²) in [6.45, 7) is 0.581. The van der Waals surface area contributed by atoms with E-state index in [4.69, 9.17) is 22.1 Å². The number of carbonyl (C=O) groups excluding carboxylic acids is 1. The number of hydrogen-bond donors (Lipinski definition) is 1. The highest BCUT2D eigenvalue weighted by Crippen LogP contribution is 2.32. The van der Waals surface area contributed by atoms with Gasteiger partial charge in [-0.15, -0.1) is 0 Å². The van der Waals surface area contributed by atoms with E-state index in [0.29, 0.717) is 23.8 Å². The fourth-order valence-electron chi connectivity index (χ4n) is 2.09. The Labute approximate surface area is 118 Å². The van der Waals surface area contributed by atoms with E-state index in [-0.39, 0.29) is 12.0 Å². The average Bonchev–Trinajstić information content (AvgIpc) is 2.73. The molecular formula is C11H13BrClN3O2. The lowest BCUT2D eigenvalue weighted by molar-refractivity contribution is -0.119. The number of halogens is 2. The minimum Gasteiger partial charge on any atom is -0.380 e. The summed E-state index contributed by atoms with van der Waals surface area (Å²) in [6, 6.07) is 1.34. The lowest BCUT2D eigenvalue weighted by Gasteiger charge is -2.24. The van der Waals surface area contributed by atoms with Gasteiger partial charge in [0.2, 0.25) is 5.91 Å². The van der Waals surface area contributed by atoms with Gasteiger partial charge in [0.05, 0.1) is 15.6 Å². The van der Waals surface area contributed by atoms with Gasteiger partial charge >= 0.3 is 0 Å². The van der Waals surface area contributed by atoms with Crippen LogP contribution in [0.1, 0.15) is 6.42 Å². The molecule has 5 nitrogen and oxygen atoms in total. The minimum atomic E-state index is -0.403. The number of amides is 1. The monoisotopic (exact) mass is 333 g/mol. The first-order valence-electron chi connectivity index (χ1n) is 5.42. The maximum Gasteiger partial charge on any atom is 0.240 e. The fraction of sp³-hybridized carbons (Fsp3) is 0.455. The summed E-state index contributed by atoms with van der Waals surface area (Å²) in [6.07, 6.45) is 2.09. The van der Waals surface area contributed by atoms with Crippen molar-refractivity contribution in [1.29, 1.82) is 0 Å². The van der Waals surface area contributed by atoms with Crippen LogP contribution in [0.15, 0.2) is 16.7 Å². The molecule has 18 heavy (non-hydrogen) atoms. The molecule has 7 heteroatoms. The number of primary amides is 1. The van der Waals surface area contributed by atoms with Crippen molar-refractivity contribution in [1.82, 2.24) is 4.98 Å². The lowest BCUT2D eigenvalue weighted by Crippen LogP contribution is -2.40. The van der Waals surface area contributed by atoms with Gasteiger partial charge in [-0.1, -0.05) is 11.6 Å². The molecule has 1 aliphatic rings. The zero-order valence-electron chi connectivity index (χ0n) is 9.77. The first-order chi connectivity index (χ1) is 8.52. The number of nitrogens with zero attached hydrogens (tertiary/aromatic N) is 2. The minimum absolute atomic E-state index is 0.0214. The molecule has 2 rings (SSSR count). The number of aromatic nitrogens is 1. The van der Waals surface area contributed by atoms with Crippen LogP contribution in [0.2, 0.25) is 5.02 Å². The van der Waals surface area contributed by atoms with E-state index in [9.17, 15) is 4.79 Å². The number of methoxy groups -OCH3 is 1. The maximum atomic E-state index is 11.5. The second kappa shape index (κ2) is 5.42. The Bertz CT molecular complexity index is 472. The molecule has 0 radical (unpaired) electrons. The molecule has 0 unspecified atom stereocenters. The average molecular weight is 335 g/mol. The zero-order valence-corrected chi connectivity index (χ0v) is 12.1. The SMILES string of the molecule is CO[C@H]1C[C@@H](C(N)=O)N(c2ncc(Cl)cc2Br)C1. The molecule has 1 aromatic rings. The number of hydrogen-bond acceptors (Lipinski definition) is 4. The summed E-state index contributed by atoms with van der Waals surface area (Å²) in [5.74, 6) is 0.279. The molecule has 0 aromatic carbocycles. The number of rotatable bonds is 3. The molecule has 98 valence electrons. The third kappa shape index (κ3) is 2.60. The topological polar surface area (TPSA) is 68.5 Å². The van der Waals surface area contributed by atoms with E-state index >= 15 is 0 Å². The zero-order chi connectivity index (χ0) is 13.3. The molecule has 0 spiro atoms. The molecule has 0 saturated carbocycles. The van der Waals surface area contributed by atoms with Crippen molar-refractivity contribution in [3.05, 3.63) is 21.8 Å². The Morgan fingerprint density at radius 3 is 3.00 bits per heavy atom. The van der Waals surface area contributed by atoms with Gasteiger partial charge in [-0.3, -0.25) is 4.79 Å². The number of anilines is 1. The molecule has 1 aromatic heterocycles. The second-order valence-corrected chi connectivity index (χ2v) is 5.41. The highest BCUT2D eigenvalue weighted by Gasteiger charge is 2.37. The van der Waals surface area contributed by atoms with Crippen LogP contribution in [0.5, 0.6) is 0 Å². The van der Waals surface area contributed by atoms with Gasteiger partial charge in [0.15, 0.2) is 0 Å². The van der Waals surface area contributed by atoms with Gasteiger partial charge in [0.25, 0.3) is 0 Å². The van der Waals surface area contributed by atoms with Crippen molar-refractivity contribution in [2.24, 2.45) is 5.73 Å². The van der Waals surface area contributed by atoms with Crippen molar-refractivity contribution in [3.8, 4) is 0 Å². The van der Waals surface area contributed by atoms with Gasteiger partial charge < -0.3 is 15.4 Å². The predicted octanol–water partition coefficient (Wildman–Crippen LogP) is 1.58. The standard InChI is InChI=1S/C11H13BrClN3O2/c1-18-7-3-9(10(14)17)16(5-7)11-8(12)2-6(13)4-15-11/h2,4,7,9H,3,5H2,1H3,(H2,14,17)/t7-,9-/m0/s1.